The van der Waals surface area contributed by atoms with Gasteiger partial charge in [-0.2, -0.15) is 0 Å². The van der Waals surface area contributed by atoms with Crippen LogP contribution < -0.4 is 4.74 Å². The van der Waals surface area contributed by atoms with Gasteiger partial charge in [-0.1, -0.05) is 0 Å². The van der Waals surface area contributed by atoms with Crippen molar-refractivity contribution in [3.8, 4) is 5.75 Å². The van der Waals surface area contributed by atoms with Crippen LogP contribution in [0.15, 0.2) is 36.9 Å². The molecule has 1 saturated heterocycles. The van der Waals surface area contributed by atoms with Crippen LogP contribution in [0.5, 0.6) is 5.75 Å². The maximum atomic E-state index is 6.02. The van der Waals surface area contributed by atoms with Crippen molar-refractivity contribution in [2.45, 2.75) is 38.3 Å². The Morgan fingerprint density at radius 3 is 2.74 bits per heavy atom. The lowest BCUT2D eigenvalue weighted by atomic mass is 9.61. The van der Waals surface area contributed by atoms with Crippen LogP contribution in [0.1, 0.15) is 31.5 Å². The van der Waals surface area contributed by atoms with E-state index in [1.807, 2.05) is 24.5 Å². The first-order valence-electron chi connectivity index (χ1n) is 8.48. The lowest BCUT2D eigenvalue weighted by Crippen LogP contribution is -2.50. The minimum Gasteiger partial charge on any atom is -0.489 e. The number of pyridine rings is 1. The van der Waals surface area contributed by atoms with Crippen molar-refractivity contribution in [3.63, 3.8) is 0 Å². The Morgan fingerprint density at radius 2 is 2.09 bits per heavy atom. The predicted molar refractivity (Wildman–Crippen MR) is 88.0 cm³/mol. The van der Waals surface area contributed by atoms with Gasteiger partial charge < -0.3 is 9.30 Å². The summed E-state index contributed by atoms with van der Waals surface area (Å²) >= 11 is 0. The summed E-state index contributed by atoms with van der Waals surface area (Å²) in [5, 5.41) is 0. The van der Waals surface area contributed by atoms with E-state index in [1.165, 1.54) is 38.8 Å². The predicted octanol–water partition coefficient (Wildman–Crippen LogP) is 2.64. The summed E-state index contributed by atoms with van der Waals surface area (Å²) in [7, 11) is 2.07. The highest BCUT2D eigenvalue weighted by Gasteiger charge is 2.47. The Kier molecular flexibility index (Phi) is 3.81. The van der Waals surface area contributed by atoms with Gasteiger partial charge >= 0.3 is 0 Å². The molecule has 0 bridgehead atoms. The van der Waals surface area contributed by atoms with Gasteiger partial charge in [-0.25, -0.2) is 4.98 Å². The Morgan fingerprint density at radius 1 is 1.26 bits per heavy atom. The summed E-state index contributed by atoms with van der Waals surface area (Å²) in [6.07, 6.45) is 12.8. The number of hydrogen-bond donors (Lipinski definition) is 0. The molecular formula is C18H24N4O. The van der Waals surface area contributed by atoms with Gasteiger partial charge in [0.2, 0.25) is 0 Å². The Hall–Kier alpha value is -1.88. The highest BCUT2D eigenvalue weighted by Crippen LogP contribution is 2.50. The fraction of sp³-hybridized carbons (Fsp3) is 0.556. The molecule has 1 saturated carbocycles. The highest BCUT2D eigenvalue weighted by molar-refractivity contribution is 5.17. The van der Waals surface area contributed by atoms with Crippen LogP contribution in [0.2, 0.25) is 0 Å². The SMILES string of the molecule is Cn1ccnc1CN1CCC2(CC1)CC(Oc1cccnc1)C2. The molecule has 2 aromatic rings. The Labute approximate surface area is 137 Å². The normalized spacial score (nSPS) is 21.3. The largest absolute Gasteiger partial charge is 0.489 e. The third-order valence-corrected chi connectivity index (χ3v) is 5.46. The second-order valence-corrected chi connectivity index (χ2v) is 7.07. The topological polar surface area (TPSA) is 43.2 Å². The standard InChI is InChI=1S/C18H24N4O/c1-21-10-7-20-17(21)14-22-8-4-18(5-9-22)11-16(12-18)23-15-3-2-6-19-13-15/h2-3,6-7,10,13,16H,4-5,8-9,11-12,14H2,1H3. The van der Waals surface area contributed by atoms with Crippen molar-refractivity contribution in [1.82, 2.24) is 19.4 Å². The van der Waals surface area contributed by atoms with Crippen LogP contribution >= 0.6 is 0 Å². The molecule has 122 valence electrons. The number of aryl methyl sites for hydroxylation is 1. The second-order valence-electron chi connectivity index (χ2n) is 7.07. The van der Waals surface area contributed by atoms with Crippen molar-refractivity contribution in [3.05, 3.63) is 42.7 Å². The monoisotopic (exact) mass is 312 g/mol. The molecule has 2 aliphatic rings. The van der Waals surface area contributed by atoms with Crippen molar-refractivity contribution in [2.24, 2.45) is 12.5 Å². The highest BCUT2D eigenvalue weighted by atomic mass is 16.5. The van der Waals surface area contributed by atoms with Crippen LogP contribution in [0.4, 0.5) is 0 Å². The minimum absolute atomic E-state index is 0.375. The first kappa shape index (κ1) is 14.7. The fourth-order valence-electron chi connectivity index (χ4n) is 3.94. The van der Waals surface area contributed by atoms with Gasteiger partial charge in [0.05, 0.1) is 18.8 Å². The summed E-state index contributed by atoms with van der Waals surface area (Å²) < 4.78 is 8.13. The first-order valence-corrected chi connectivity index (χ1v) is 8.48. The zero-order valence-corrected chi connectivity index (χ0v) is 13.7. The van der Waals surface area contributed by atoms with Crippen molar-refractivity contribution in [1.29, 1.82) is 0 Å². The molecule has 1 aliphatic heterocycles. The van der Waals surface area contributed by atoms with E-state index in [-0.39, 0.29) is 0 Å². The third-order valence-electron chi connectivity index (χ3n) is 5.46. The number of rotatable bonds is 4. The lowest BCUT2D eigenvalue weighted by molar-refractivity contribution is -0.0569. The summed E-state index contributed by atoms with van der Waals surface area (Å²) in [6, 6.07) is 3.92. The molecule has 0 amide bonds. The molecule has 0 atom stereocenters. The van der Waals surface area contributed by atoms with Gasteiger partial charge in [-0.05, 0) is 56.3 Å². The van der Waals surface area contributed by atoms with Gasteiger partial charge in [-0.15, -0.1) is 0 Å². The lowest BCUT2D eigenvalue weighted by Gasteiger charge is -2.51. The molecule has 4 rings (SSSR count). The summed E-state index contributed by atoms with van der Waals surface area (Å²) in [4.78, 5) is 11.1. The van der Waals surface area contributed by atoms with E-state index in [2.05, 4.69) is 26.5 Å². The summed E-state index contributed by atoms with van der Waals surface area (Å²) in [5.41, 5.74) is 0.519. The van der Waals surface area contributed by atoms with Crippen LogP contribution in [0.25, 0.3) is 0 Å². The van der Waals surface area contributed by atoms with Crippen molar-refractivity contribution < 1.29 is 4.74 Å². The zero-order valence-electron chi connectivity index (χ0n) is 13.7. The molecule has 3 heterocycles. The van der Waals surface area contributed by atoms with Gasteiger partial charge in [0, 0.05) is 25.6 Å². The maximum absolute atomic E-state index is 6.02. The number of piperidine rings is 1. The Bertz CT molecular complexity index is 638. The number of ether oxygens (including phenoxy) is 1. The van der Waals surface area contributed by atoms with Gasteiger partial charge in [-0.3, -0.25) is 9.88 Å². The van der Waals surface area contributed by atoms with Gasteiger partial charge in [0.15, 0.2) is 0 Å². The minimum atomic E-state index is 0.375. The number of nitrogens with zero attached hydrogens (tertiary/aromatic N) is 4. The molecule has 0 aromatic carbocycles. The van der Waals surface area contributed by atoms with E-state index < -0.39 is 0 Å². The fourth-order valence-corrected chi connectivity index (χ4v) is 3.94. The first-order chi connectivity index (χ1) is 11.2. The zero-order chi connectivity index (χ0) is 15.7. The van der Waals surface area contributed by atoms with E-state index in [9.17, 15) is 0 Å². The van der Waals surface area contributed by atoms with Crippen LogP contribution in [-0.4, -0.2) is 38.6 Å². The molecule has 0 unspecified atom stereocenters. The van der Waals surface area contributed by atoms with Crippen molar-refractivity contribution in [2.75, 3.05) is 13.1 Å². The average Bonchev–Trinajstić information content (AvgIpc) is 2.94. The molecule has 1 aliphatic carbocycles. The summed E-state index contributed by atoms with van der Waals surface area (Å²) in [6.45, 7) is 3.31. The van der Waals surface area contributed by atoms with E-state index in [4.69, 9.17) is 4.74 Å². The number of hydrogen-bond acceptors (Lipinski definition) is 4. The third kappa shape index (κ3) is 3.11. The smallest absolute Gasteiger partial charge is 0.137 e. The van der Waals surface area contributed by atoms with Crippen molar-refractivity contribution >= 4 is 0 Å². The van der Waals surface area contributed by atoms with Crippen LogP contribution in [0.3, 0.4) is 0 Å². The maximum Gasteiger partial charge on any atom is 0.137 e. The summed E-state index contributed by atoms with van der Waals surface area (Å²) in [5.74, 6) is 2.06. The molecule has 0 N–H and O–H groups in total. The molecule has 5 nitrogen and oxygen atoms in total. The number of likely N-dealkylation sites (tertiary alicyclic amines) is 1. The molecule has 2 fully saturated rings. The molecule has 5 heteroatoms. The molecular weight excluding hydrogens is 288 g/mol. The molecule has 23 heavy (non-hydrogen) atoms. The average molecular weight is 312 g/mol. The Balaban J connectivity index is 1.25. The van der Waals surface area contributed by atoms with Crippen LogP contribution in [0, 0.1) is 5.41 Å². The second kappa shape index (κ2) is 5.96. The van der Waals surface area contributed by atoms with Gasteiger partial charge in [0.1, 0.15) is 11.6 Å². The van der Waals surface area contributed by atoms with E-state index >= 15 is 0 Å². The van der Waals surface area contributed by atoms with E-state index in [0.29, 0.717) is 11.5 Å². The van der Waals surface area contributed by atoms with E-state index in [1.54, 1.807) is 12.4 Å². The van der Waals surface area contributed by atoms with Gasteiger partial charge in [0.25, 0.3) is 0 Å². The quantitative estimate of drug-likeness (QED) is 0.870. The van der Waals surface area contributed by atoms with E-state index in [0.717, 1.165) is 18.1 Å². The number of imidazole rings is 1. The molecule has 2 aromatic heterocycles. The molecule has 0 radical (unpaired) electrons. The van der Waals surface area contributed by atoms with Crippen LogP contribution in [-0.2, 0) is 13.6 Å². The number of aromatic nitrogens is 3. The molecule has 1 spiro atoms.